The van der Waals surface area contributed by atoms with Gasteiger partial charge in [0.1, 0.15) is 0 Å². The molecule has 1 unspecified atom stereocenters. The maximum absolute atomic E-state index is 4.49. The van der Waals surface area contributed by atoms with Gasteiger partial charge in [-0.05, 0) is 50.7 Å². The summed E-state index contributed by atoms with van der Waals surface area (Å²) in [6.45, 7) is 6.57. The van der Waals surface area contributed by atoms with Crippen LogP contribution in [0.2, 0.25) is 0 Å². The van der Waals surface area contributed by atoms with E-state index < -0.39 is 0 Å². The van der Waals surface area contributed by atoms with Crippen LogP contribution >= 0.6 is 0 Å². The van der Waals surface area contributed by atoms with E-state index in [9.17, 15) is 0 Å². The van der Waals surface area contributed by atoms with E-state index in [2.05, 4.69) is 65.7 Å². The molecule has 1 aliphatic rings. The van der Waals surface area contributed by atoms with Crippen LogP contribution in [0.25, 0.3) is 10.9 Å². The van der Waals surface area contributed by atoms with Crippen LogP contribution < -0.4 is 0 Å². The number of aryl methyl sites for hydroxylation is 3. The Morgan fingerprint density at radius 1 is 1.21 bits per heavy atom. The van der Waals surface area contributed by atoms with Crippen LogP contribution in [-0.2, 0) is 25.9 Å². The van der Waals surface area contributed by atoms with Crippen molar-refractivity contribution in [3.8, 4) is 0 Å². The summed E-state index contributed by atoms with van der Waals surface area (Å²) >= 11 is 0. The molecule has 0 spiro atoms. The number of nitrogens with zero attached hydrogens (tertiary/aromatic N) is 3. The third-order valence-electron chi connectivity index (χ3n) is 5.41. The van der Waals surface area contributed by atoms with E-state index in [4.69, 9.17) is 0 Å². The molecular weight excluding hydrogens is 294 g/mol. The molecule has 3 aromatic rings. The summed E-state index contributed by atoms with van der Waals surface area (Å²) in [5.74, 6) is 0. The Morgan fingerprint density at radius 3 is 2.88 bits per heavy atom. The Balaban J connectivity index is 1.78. The molecule has 1 atom stereocenters. The van der Waals surface area contributed by atoms with Crippen LogP contribution in [0, 0.1) is 6.92 Å². The number of hydrogen-bond acceptors (Lipinski definition) is 2. The lowest BCUT2D eigenvalue weighted by atomic mass is 9.99. The lowest BCUT2D eigenvalue weighted by Gasteiger charge is -2.31. The molecule has 124 valence electrons. The summed E-state index contributed by atoms with van der Waals surface area (Å²) in [4.78, 5) is 6.96. The van der Waals surface area contributed by atoms with Gasteiger partial charge in [-0.15, -0.1) is 0 Å². The average Bonchev–Trinajstić information content (AvgIpc) is 2.87. The fourth-order valence-corrected chi connectivity index (χ4v) is 3.87. The van der Waals surface area contributed by atoms with Crippen molar-refractivity contribution in [2.75, 3.05) is 7.05 Å². The lowest BCUT2D eigenvalue weighted by Crippen LogP contribution is -2.35. The smallest absolute Gasteiger partial charge is 0.0486 e. The van der Waals surface area contributed by atoms with Gasteiger partial charge in [0.05, 0.1) is 0 Å². The third kappa shape index (κ3) is 2.63. The molecule has 0 fully saturated rings. The van der Waals surface area contributed by atoms with Crippen molar-refractivity contribution in [2.24, 2.45) is 0 Å². The van der Waals surface area contributed by atoms with Gasteiger partial charge in [-0.2, -0.15) is 0 Å². The van der Waals surface area contributed by atoms with Crippen molar-refractivity contribution in [1.82, 2.24) is 14.5 Å². The van der Waals surface area contributed by atoms with Gasteiger partial charge in [0.2, 0.25) is 0 Å². The molecule has 1 aliphatic heterocycles. The van der Waals surface area contributed by atoms with E-state index in [0.29, 0.717) is 6.04 Å². The summed E-state index contributed by atoms with van der Waals surface area (Å²) in [5.41, 5.74) is 6.94. The lowest BCUT2D eigenvalue weighted by molar-refractivity contribution is 0.228. The Morgan fingerprint density at radius 2 is 2.08 bits per heavy atom. The number of hydrogen-bond donors (Lipinski definition) is 0. The van der Waals surface area contributed by atoms with Gasteiger partial charge < -0.3 is 4.57 Å². The second-order valence-electron chi connectivity index (χ2n) is 7.14. The second kappa shape index (κ2) is 6.06. The Bertz CT molecular complexity index is 864. The van der Waals surface area contributed by atoms with Gasteiger partial charge in [-0.3, -0.25) is 9.88 Å². The number of benzene rings is 1. The number of pyridine rings is 1. The number of likely N-dealkylation sites (N-methyl/N-ethyl adjacent to an activating group) is 1. The fraction of sp³-hybridized carbons (Fsp3) is 0.381. The molecule has 4 rings (SSSR count). The maximum Gasteiger partial charge on any atom is 0.0486 e. The van der Waals surface area contributed by atoms with E-state index in [1.807, 2.05) is 12.3 Å². The van der Waals surface area contributed by atoms with Crippen LogP contribution in [0.1, 0.15) is 29.4 Å². The molecule has 0 amide bonds. The zero-order valence-corrected chi connectivity index (χ0v) is 14.8. The zero-order chi connectivity index (χ0) is 16.7. The number of fused-ring (bicyclic) bond motifs is 3. The molecule has 3 heteroatoms. The quantitative estimate of drug-likeness (QED) is 0.728. The van der Waals surface area contributed by atoms with E-state index in [1.165, 1.54) is 33.4 Å². The fourth-order valence-electron chi connectivity index (χ4n) is 3.87. The van der Waals surface area contributed by atoms with Gasteiger partial charge in [0.25, 0.3) is 0 Å². The Hall–Kier alpha value is -2.13. The first kappa shape index (κ1) is 15.4. The molecule has 3 nitrogen and oxygen atoms in total. The van der Waals surface area contributed by atoms with Crippen LogP contribution in [0.5, 0.6) is 0 Å². The largest absolute Gasteiger partial charge is 0.344 e. The van der Waals surface area contributed by atoms with Crippen molar-refractivity contribution in [1.29, 1.82) is 0 Å². The molecule has 3 heterocycles. The standard InChI is InChI=1S/C21H25N3/c1-15-7-8-20-18(12-15)19-14-23(3)16(2)13-21(19)24(20)11-9-17-6-4-5-10-22-17/h4-8,10,12,16H,9,11,13-14H2,1-3H3. The first-order chi connectivity index (χ1) is 11.6. The van der Waals surface area contributed by atoms with E-state index in [1.54, 1.807) is 0 Å². The second-order valence-corrected chi connectivity index (χ2v) is 7.14. The molecule has 0 radical (unpaired) electrons. The summed E-state index contributed by atoms with van der Waals surface area (Å²) in [6, 6.07) is 13.7. The normalized spacial score (nSPS) is 18.0. The van der Waals surface area contributed by atoms with Crippen molar-refractivity contribution in [2.45, 2.75) is 45.8 Å². The first-order valence-corrected chi connectivity index (χ1v) is 8.84. The molecule has 0 aliphatic carbocycles. The minimum Gasteiger partial charge on any atom is -0.344 e. The summed E-state index contributed by atoms with van der Waals surface area (Å²) in [6.07, 6.45) is 4.00. The molecule has 1 aromatic carbocycles. The predicted molar refractivity (Wildman–Crippen MR) is 99.2 cm³/mol. The summed E-state index contributed by atoms with van der Waals surface area (Å²) in [7, 11) is 2.24. The van der Waals surface area contributed by atoms with Gasteiger partial charge in [0.15, 0.2) is 0 Å². The SMILES string of the molecule is Cc1ccc2c(c1)c1c(n2CCc2ccccn2)CC(C)N(C)C1. The van der Waals surface area contributed by atoms with Crippen molar-refractivity contribution >= 4 is 10.9 Å². The molecule has 0 bridgehead atoms. The van der Waals surface area contributed by atoms with Gasteiger partial charge >= 0.3 is 0 Å². The molecular formula is C21H25N3. The molecule has 0 saturated carbocycles. The number of rotatable bonds is 3. The van der Waals surface area contributed by atoms with E-state index in [0.717, 1.165) is 25.9 Å². The van der Waals surface area contributed by atoms with Crippen LogP contribution in [-0.4, -0.2) is 27.5 Å². The number of aromatic nitrogens is 2. The highest BCUT2D eigenvalue weighted by Crippen LogP contribution is 2.33. The molecule has 0 saturated heterocycles. The Labute approximate surface area is 143 Å². The van der Waals surface area contributed by atoms with Crippen molar-refractivity contribution in [3.05, 3.63) is 65.1 Å². The monoisotopic (exact) mass is 319 g/mol. The molecule has 0 N–H and O–H groups in total. The summed E-state index contributed by atoms with van der Waals surface area (Å²) < 4.78 is 2.54. The maximum atomic E-state index is 4.49. The molecule has 2 aromatic heterocycles. The highest BCUT2D eigenvalue weighted by Gasteiger charge is 2.26. The predicted octanol–water partition coefficient (Wildman–Crippen LogP) is 3.96. The first-order valence-electron chi connectivity index (χ1n) is 8.84. The van der Waals surface area contributed by atoms with Gasteiger partial charge in [0, 0.05) is 60.5 Å². The van der Waals surface area contributed by atoms with E-state index in [-0.39, 0.29) is 0 Å². The van der Waals surface area contributed by atoms with Crippen LogP contribution in [0.3, 0.4) is 0 Å². The highest BCUT2D eigenvalue weighted by atomic mass is 15.1. The minimum absolute atomic E-state index is 0.594. The van der Waals surface area contributed by atoms with Gasteiger partial charge in [-0.1, -0.05) is 17.7 Å². The Kier molecular flexibility index (Phi) is 3.89. The van der Waals surface area contributed by atoms with E-state index >= 15 is 0 Å². The zero-order valence-electron chi connectivity index (χ0n) is 14.8. The van der Waals surface area contributed by atoms with Gasteiger partial charge in [-0.25, -0.2) is 0 Å². The molecule has 24 heavy (non-hydrogen) atoms. The third-order valence-corrected chi connectivity index (χ3v) is 5.41. The van der Waals surface area contributed by atoms with Crippen molar-refractivity contribution < 1.29 is 0 Å². The summed E-state index contributed by atoms with van der Waals surface area (Å²) in [5, 5.41) is 1.43. The van der Waals surface area contributed by atoms with Crippen molar-refractivity contribution in [3.63, 3.8) is 0 Å². The van der Waals surface area contributed by atoms with Crippen LogP contribution in [0.15, 0.2) is 42.6 Å². The highest BCUT2D eigenvalue weighted by molar-refractivity contribution is 5.86. The topological polar surface area (TPSA) is 21.1 Å². The van der Waals surface area contributed by atoms with Crippen LogP contribution in [0.4, 0.5) is 0 Å². The average molecular weight is 319 g/mol. The minimum atomic E-state index is 0.594.